The van der Waals surface area contributed by atoms with Crippen molar-refractivity contribution in [3.8, 4) is 11.3 Å². The summed E-state index contributed by atoms with van der Waals surface area (Å²) in [6, 6.07) is 12.0. The van der Waals surface area contributed by atoms with Gasteiger partial charge in [0.1, 0.15) is 5.60 Å². The second-order valence-corrected chi connectivity index (χ2v) is 8.31. The van der Waals surface area contributed by atoms with Crippen molar-refractivity contribution in [2.75, 3.05) is 14.2 Å². The average molecular weight is 458 g/mol. The van der Waals surface area contributed by atoms with Crippen LogP contribution in [0.15, 0.2) is 42.5 Å². The van der Waals surface area contributed by atoms with Crippen molar-refractivity contribution in [2.24, 2.45) is 0 Å². The van der Waals surface area contributed by atoms with Crippen LogP contribution in [0.1, 0.15) is 47.1 Å². The van der Waals surface area contributed by atoms with Crippen molar-refractivity contribution in [3.63, 3.8) is 0 Å². The number of hydrogen-bond donors (Lipinski definition) is 0. The summed E-state index contributed by atoms with van der Waals surface area (Å²) in [5.41, 5.74) is 1.39. The smallest absolute Gasteiger partial charge is 0.419 e. The van der Waals surface area contributed by atoms with E-state index in [9.17, 15) is 14.4 Å². The van der Waals surface area contributed by atoms with Gasteiger partial charge in [-0.3, -0.25) is 0 Å². The number of ether oxygens (including phenoxy) is 3. The number of benzene rings is 2. The fraction of sp³-hybridized carbons (Fsp3) is 0.292. The van der Waals surface area contributed by atoms with Gasteiger partial charge in [-0.2, -0.15) is 0 Å². The molecule has 0 unspecified atom stereocenters. The monoisotopic (exact) mass is 457 g/mol. The van der Waals surface area contributed by atoms with Gasteiger partial charge in [0.25, 0.3) is 0 Å². The quantitative estimate of drug-likeness (QED) is 0.296. The van der Waals surface area contributed by atoms with E-state index in [0.29, 0.717) is 22.2 Å². The number of esters is 2. The normalized spacial score (nSPS) is 11.3. The van der Waals surface area contributed by atoms with Crippen LogP contribution >= 0.6 is 11.6 Å². The summed E-state index contributed by atoms with van der Waals surface area (Å²) in [5.74, 6) is -1.34. The van der Waals surface area contributed by atoms with Crippen molar-refractivity contribution in [1.82, 2.24) is 4.57 Å². The number of aromatic nitrogens is 1. The second kappa shape index (κ2) is 9.04. The van der Waals surface area contributed by atoms with Crippen LogP contribution in [0.3, 0.4) is 0 Å². The highest BCUT2D eigenvalue weighted by Crippen LogP contribution is 2.38. The SMILES string of the molecule is COC(=O)c1cc(C(=O)OC)c2c(CCl)c(-c3ccccc3)n(C(=O)OC(C)(C)C)c2c1. The molecule has 0 aliphatic rings. The molecule has 0 aliphatic heterocycles. The van der Waals surface area contributed by atoms with Gasteiger partial charge >= 0.3 is 18.0 Å². The molecule has 1 heterocycles. The molecule has 0 amide bonds. The Hall–Kier alpha value is -3.32. The lowest BCUT2D eigenvalue weighted by molar-refractivity contribution is 0.0541. The molecule has 8 heteroatoms. The first-order chi connectivity index (χ1) is 15.1. The Balaban J connectivity index is 2.52. The van der Waals surface area contributed by atoms with Gasteiger partial charge in [0.2, 0.25) is 0 Å². The lowest BCUT2D eigenvalue weighted by Crippen LogP contribution is -2.27. The molecule has 0 aliphatic carbocycles. The highest BCUT2D eigenvalue weighted by Gasteiger charge is 2.30. The van der Waals surface area contributed by atoms with Crippen LogP contribution in [0.2, 0.25) is 0 Å². The van der Waals surface area contributed by atoms with Gasteiger partial charge in [-0.05, 0) is 38.5 Å². The lowest BCUT2D eigenvalue weighted by atomic mass is 10.0. The zero-order valence-electron chi connectivity index (χ0n) is 18.5. The van der Waals surface area contributed by atoms with Gasteiger partial charge in [-0.15, -0.1) is 11.6 Å². The molecule has 0 bridgehead atoms. The Bertz CT molecular complexity index is 1190. The Kier molecular flexibility index (Phi) is 6.60. The first-order valence-electron chi connectivity index (χ1n) is 9.85. The van der Waals surface area contributed by atoms with Crippen LogP contribution in [0, 0.1) is 0 Å². The summed E-state index contributed by atoms with van der Waals surface area (Å²) in [5, 5.41) is 0.407. The maximum Gasteiger partial charge on any atom is 0.419 e. The minimum atomic E-state index is -0.784. The predicted octanol–water partition coefficient (Wildman–Crippen LogP) is 5.40. The number of rotatable bonds is 4. The summed E-state index contributed by atoms with van der Waals surface area (Å²) in [4.78, 5) is 38.4. The van der Waals surface area contributed by atoms with Gasteiger partial charge in [-0.25, -0.2) is 19.0 Å². The summed E-state index contributed by atoms with van der Waals surface area (Å²) >= 11 is 6.35. The fourth-order valence-electron chi connectivity index (χ4n) is 3.53. The lowest BCUT2D eigenvalue weighted by Gasteiger charge is -2.21. The first-order valence-corrected chi connectivity index (χ1v) is 10.4. The van der Waals surface area contributed by atoms with Crippen LogP contribution in [-0.4, -0.2) is 42.4 Å². The molecule has 3 aromatic rings. The summed E-state index contributed by atoms with van der Waals surface area (Å²) in [7, 11) is 2.47. The Morgan fingerprint density at radius 1 is 0.969 bits per heavy atom. The van der Waals surface area contributed by atoms with Crippen LogP contribution in [0.4, 0.5) is 4.79 Å². The van der Waals surface area contributed by atoms with Gasteiger partial charge in [0.15, 0.2) is 0 Å². The van der Waals surface area contributed by atoms with Crippen LogP contribution < -0.4 is 0 Å². The number of fused-ring (bicyclic) bond motifs is 1. The average Bonchev–Trinajstić information content (AvgIpc) is 3.11. The highest BCUT2D eigenvalue weighted by atomic mass is 35.5. The summed E-state index contributed by atoms with van der Waals surface area (Å²) in [6.45, 7) is 5.25. The third-order valence-electron chi connectivity index (χ3n) is 4.75. The first kappa shape index (κ1) is 23.3. The van der Waals surface area contributed by atoms with E-state index in [4.69, 9.17) is 25.8 Å². The van der Waals surface area contributed by atoms with Crippen molar-refractivity contribution >= 4 is 40.5 Å². The van der Waals surface area contributed by atoms with Gasteiger partial charge in [0, 0.05) is 10.9 Å². The van der Waals surface area contributed by atoms with Crippen LogP contribution in [0.5, 0.6) is 0 Å². The van der Waals surface area contributed by atoms with E-state index in [1.165, 1.54) is 30.9 Å². The molecule has 0 atom stereocenters. The topological polar surface area (TPSA) is 83.8 Å². The molecule has 0 N–H and O–H groups in total. The molecule has 0 spiro atoms. The molecule has 2 aromatic carbocycles. The van der Waals surface area contributed by atoms with E-state index >= 15 is 0 Å². The van der Waals surface area contributed by atoms with Gasteiger partial charge in [-0.1, -0.05) is 30.3 Å². The number of methoxy groups -OCH3 is 2. The molecular formula is C24H24ClNO6. The van der Waals surface area contributed by atoms with E-state index in [1.807, 2.05) is 30.3 Å². The third-order valence-corrected chi connectivity index (χ3v) is 5.02. The minimum absolute atomic E-state index is 0.00189. The zero-order valence-corrected chi connectivity index (χ0v) is 19.3. The molecule has 0 fully saturated rings. The number of nitrogens with zero attached hydrogens (tertiary/aromatic N) is 1. The zero-order chi connectivity index (χ0) is 23.6. The number of hydrogen-bond acceptors (Lipinski definition) is 6. The molecule has 0 saturated heterocycles. The maximum atomic E-state index is 13.4. The van der Waals surface area contributed by atoms with Crippen molar-refractivity contribution in [2.45, 2.75) is 32.3 Å². The molecule has 168 valence electrons. The van der Waals surface area contributed by atoms with Crippen molar-refractivity contribution < 1.29 is 28.6 Å². The van der Waals surface area contributed by atoms with Crippen LogP contribution in [0.25, 0.3) is 22.2 Å². The fourth-order valence-corrected chi connectivity index (χ4v) is 3.79. The minimum Gasteiger partial charge on any atom is -0.465 e. The third kappa shape index (κ3) is 4.34. The molecule has 32 heavy (non-hydrogen) atoms. The van der Waals surface area contributed by atoms with Gasteiger partial charge in [0.05, 0.1) is 42.4 Å². The van der Waals surface area contributed by atoms with E-state index in [0.717, 1.165) is 0 Å². The van der Waals surface area contributed by atoms with Crippen molar-refractivity contribution in [1.29, 1.82) is 0 Å². The van der Waals surface area contributed by atoms with Crippen molar-refractivity contribution in [3.05, 3.63) is 59.2 Å². The molecule has 0 radical (unpaired) electrons. The largest absolute Gasteiger partial charge is 0.465 e. The number of halogens is 1. The van der Waals surface area contributed by atoms with E-state index in [2.05, 4.69) is 0 Å². The predicted molar refractivity (Wildman–Crippen MR) is 121 cm³/mol. The van der Waals surface area contributed by atoms with Crippen LogP contribution in [-0.2, 0) is 20.1 Å². The van der Waals surface area contributed by atoms with E-state index in [-0.39, 0.29) is 22.5 Å². The molecule has 7 nitrogen and oxygen atoms in total. The molecular weight excluding hydrogens is 434 g/mol. The Morgan fingerprint density at radius 2 is 1.59 bits per heavy atom. The number of carbonyl (C=O) groups is 3. The second-order valence-electron chi connectivity index (χ2n) is 8.04. The maximum absolute atomic E-state index is 13.4. The molecule has 1 aromatic heterocycles. The highest BCUT2D eigenvalue weighted by molar-refractivity contribution is 6.21. The van der Waals surface area contributed by atoms with E-state index in [1.54, 1.807) is 20.8 Å². The van der Waals surface area contributed by atoms with Gasteiger partial charge < -0.3 is 14.2 Å². The molecule has 0 saturated carbocycles. The Morgan fingerprint density at radius 3 is 2.12 bits per heavy atom. The summed E-state index contributed by atoms with van der Waals surface area (Å²) < 4.78 is 16.8. The standard InChI is InChI=1S/C24H24ClNO6/c1-24(2,3)32-23(29)26-18-12-15(21(27)30-4)11-16(22(28)31-5)19(18)17(13-25)20(26)14-9-7-6-8-10-14/h6-12H,13H2,1-5H3. The Labute approximate surface area is 190 Å². The number of carbonyl (C=O) groups excluding carboxylic acids is 3. The van der Waals surface area contributed by atoms with E-state index < -0.39 is 23.6 Å². The molecule has 3 rings (SSSR count). The summed E-state index contributed by atoms with van der Waals surface area (Å²) in [6.07, 6.45) is -0.671. The number of alkyl halides is 1.